The number of rotatable bonds is 6. The Morgan fingerprint density at radius 3 is 1.76 bits per heavy atom. The van der Waals surface area contributed by atoms with Crippen LogP contribution in [0.4, 0.5) is 0 Å². The lowest BCUT2D eigenvalue weighted by molar-refractivity contribution is 0.922. The van der Waals surface area contributed by atoms with Gasteiger partial charge in [-0.25, -0.2) is 0 Å². The van der Waals surface area contributed by atoms with Gasteiger partial charge < -0.3 is 0 Å². The molecular weight excluding hydrogens is 316 g/mol. The normalized spacial score (nSPS) is 17.3. The van der Waals surface area contributed by atoms with Crippen molar-refractivity contribution in [3.63, 3.8) is 0 Å². The highest BCUT2D eigenvalue weighted by molar-refractivity contribution is 7.05. The maximum atomic E-state index is 2.47. The molecule has 25 heavy (non-hydrogen) atoms. The summed E-state index contributed by atoms with van der Waals surface area (Å²) in [5.41, 5.74) is 5.66. The molecule has 1 aliphatic rings. The highest BCUT2D eigenvalue weighted by atomic mass is 28.3. The zero-order chi connectivity index (χ0) is 17.9. The van der Waals surface area contributed by atoms with Crippen molar-refractivity contribution in [3.05, 3.63) is 82.1 Å². The first-order chi connectivity index (χ1) is 12.0. The zero-order valence-electron chi connectivity index (χ0n) is 16.1. The van der Waals surface area contributed by atoms with Crippen LogP contribution in [0.5, 0.6) is 0 Å². The fourth-order valence-corrected chi connectivity index (χ4v) is 6.17. The van der Waals surface area contributed by atoms with Crippen LogP contribution >= 0.6 is 0 Å². The van der Waals surface area contributed by atoms with Crippen molar-refractivity contribution in [2.75, 3.05) is 0 Å². The zero-order valence-corrected chi connectivity index (χ0v) is 17.1. The summed E-state index contributed by atoms with van der Waals surface area (Å²) in [4.78, 5) is 0. The molecule has 2 aromatic carbocycles. The molecule has 1 heterocycles. The summed E-state index contributed by atoms with van der Waals surface area (Å²) in [7, 11) is -1.48. The van der Waals surface area contributed by atoms with Gasteiger partial charge >= 0.3 is 0 Å². The quantitative estimate of drug-likeness (QED) is 0.501. The van der Waals surface area contributed by atoms with Gasteiger partial charge in [-0.15, -0.1) is 0 Å². The number of hydrogen-bond acceptors (Lipinski definition) is 0. The Bertz CT molecular complexity index is 774. The summed E-state index contributed by atoms with van der Waals surface area (Å²) in [5, 5.41) is 3.15. The van der Waals surface area contributed by atoms with E-state index in [-0.39, 0.29) is 0 Å². The predicted octanol–water partition coefficient (Wildman–Crippen LogP) is 6.86. The van der Waals surface area contributed by atoms with Crippen LogP contribution in [0.15, 0.2) is 59.8 Å². The molecule has 3 rings (SSSR count). The van der Waals surface area contributed by atoms with Crippen LogP contribution < -0.4 is 0 Å². The van der Waals surface area contributed by atoms with E-state index < -0.39 is 8.07 Å². The topological polar surface area (TPSA) is 0 Å². The lowest BCUT2D eigenvalue weighted by Gasteiger charge is -2.37. The average Bonchev–Trinajstić information content (AvgIpc) is 2.61. The van der Waals surface area contributed by atoms with Crippen LogP contribution in [0.2, 0.25) is 13.1 Å². The first-order valence-electron chi connectivity index (χ1n) is 9.67. The van der Waals surface area contributed by atoms with Crippen LogP contribution in [-0.2, 0) is 12.8 Å². The first-order valence-corrected chi connectivity index (χ1v) is 12.7. The summed E-state index contributed by atoms with van der Waals surface area (Å²) >= 11 is 0. The van der Waals surface area contributed by atoms with E-state index in [4.69, 9.17) is 0 Å². The van der Waals surface area contributed by atoms with Crippen LogP contribution in [0.1, 0.15) is 48.9 Å². The number of aryl methyl sites for hydroxylation is 2. The number of allylic oxidation sites excluding steroid dienone is 2. The van der Waals surface area contributed by atoms with Gasteiger partial charge in [0, 0.05) is 0 Å². The van der Waals surface area contributed by atoms with Crippen LogP contribution in [-0.4, -0.2) is 8.07 Å². The number of benzene rings is 2. The molecule has 0 radical (unpaired) electrons. The van der Waals surface area contributed by atoms with Crippen LogP contribution in [0.25, 0.3) is 11.3 Å². The van der Waals surface area contributed by atoms with Gasteiger partial charge in [-0.2, -0.15) is 0 Å². The van der Waals surface area contributed by atoms with Gasteiger partial charge in [0.15, 0.2) is 0 Å². The minimum absolute atomic E-state index is 1.18. The fourth-order valence-electron chi connectivity index (χ4n) is 3.65. The monoisotopic (exact) mass is 346 g/mol. The molecule has 0 amide bonds. The highest BCUT2D eigenvalue weighted by Gasteiger charge is 2.38. The average molecular weight is 347 g/mol. The van der Waals surface area contributed by atoms with Crippen molar-refractivity contribution in [2.45, 2.75) is 52.6 Å². The Balaban J connectivity index is 1.80. The SMILES string of the molecule is CCCc1ccc(/C=C2/C=C(c3ccc(CCC)cc3)[Si]2(C)C)cc1. The predicted molar refractivity (Wildman–Crippen MR) is 114 cm³/mol. The summed E-state index contributed by atoms with van der Waals surface area (Å²) in [6.07, 6.45) is 9.60. The van der Waals surface area contributed by atoms with E-state index in [1.807, 2.05) is 0 Å². The minimum Gasteiger partial charge on any atom is -0.0651 e. The Morgan fingerprint density at radius 2 is 1.28 bits per heavy atom. The van der Waals surface area contributed by atoms with Crippen molar-refractivity contribution < 1.29 is 0 Å². The molecule has 0 aliphatic carbocycles. The molecule has 0 spiro atoms. The summed E-state index contributed by atoms with van der Waals surface area (Å²) in [6, 6.07) is 18.3. The van der Waals surface area contributed by atoms with Gasteiger partial charge in [0.2, 0.25) is 0 Å². The van der Waals surface area contributed by atoms with Gasteiger partial charge in [0.05, 0.1) is 0 Å². The molecule has 1 heteroatoms. The third kappa shape index (κ3) is 3.87. The lowest BCUT2D eigenvalue weighted by atomic mass is 10.1. The molecular formula is C24H30Si. The van der Waals surface area contributed by atoms with Gasteiger partial charge in [0.25, 0.3) is 0 Å². The van der Waals surface area contributed by atoms with Crippen molar-refractivity contribution in [2.24, 2.45) is 0 Å². The third-order valence-electron chi connectivity index (χ3n) is 5.34. The van der Waals surface area contributed by atoms with Gasteiger partial charge in [-0.05, 0) is 40.3 Å². The third-order valence-corrected chi connectivity index (χ3v) is 8.85. The molecule has 0 nitrogen and oxygen atoms in total. The maximum absolute atomic E-state index is 2.47. The molecule has 0 N–H and O–H groups in total. The highest BCUT2D eigenvalue weighted by Crippen LogP contribution is 2.42. The Hall–Kier alpha value is -1.86. The molecule has 0 unspecified atom stereocenters. The summed E-state index contributed by atoms with van der Waals surface area (Å²) < 4.78 is 0. The molecule has 130 valence electrons. The smallest absolute Gasteiger partial charge is 0.0651 e. The number of hydrogen-bond donors (Lipinski definition) is 0. The molecule has 0 saturated carbocycles. The standard InChI is InChI=1S/C24H30Si/c1-5-7-19-9-11-21(12-10-19)17-23-18-24(25(23,3)4)22-15-13-20(8-6-2)14-16-22/h9-18H,5-8H2,1-4H3/b23-17-. The van der Waals surface area contributed by atoms with Crippen molar-refractivity contribution in [1.29, 1.82) is 0 Å². The molecule has 1 aliphatic heterocycles. The summed E-state index contributed by atoms with van der Waals surface area (Å²) in [6.45, 7) is 9.42. The second-order valence-corrected chi connectivity index (χ2v) is 12.1. The minimum atomic E-state index is -1.48. The van der Waals surface area contributed by atoms with E-state index in [0.29, 0.717) is 0 Å². The van der Waals surface area contributed by atoms with Gasteiger partial charge in [-0.1, -0.05) is 106 Å². The van der Waals surface area contributed by atoms with Crippen LogP contribution in [0.3, 0.4) is 0 Å². The Labute approximate surface area is 154 Å². The fraction of sp³-hybridized carbons (Fsp3) is 0.333. The van der Waals surface area contributed by atoms with E-state index in [1.165, 1.54) is 47.9 Å². The van der Waals surface area contributed by atoms with Crippen LogP contribution in [0, 0.1) is 0 Å². The van der Waals surface area contributed by atoms with Crippen molar-refractivity contribution in [3.8, 4) is 0 Å². The largest absolute Gasteiger partial charge is 0.113 e. The van der Waals surface area contributed by atoms with E-state index >= 15 is 0 Å². The maximum Gasteiger partial charge on any atom is 0.113 e. The Kier molecular flexibility index (Phi) is 5.44. The van der Waals surface area contributed by atoms with Gasteiger partial charge in [-0.3, -0.25) is 0 Å². The Morgan fingerprint density at radius 1 is 0.760 bits per heavy atom. The van der Waals surface area contributed by atoms with Crippen molar-refractivity contribution in [1.82, 2.24) is 0 Å². The lowest BCUT2D eigenvalue weighted by Crippen LogP contribution is -2.38. The molecule has 0 bridgehead atoms. The second kappa shape index (κ2) is 7.57. The van der Waals surface area contributed by atoms with E-state index in [2.05, 4.69) is 87.6 Å². The van der Waals surface area contributed by atoms with E-state index in [0.717, 1.165) is 0 Å². The summed E-state index contributed by atoms with van der Waals surface area (Å²) in [5.74, 6) is 0. The van der Waals surface area contributed by atoms with E-state index in [9.17, 15) is 0 Å². The molecule has 0 saturated heterocycles. The molecule has 0 aromatic heterocycles. The molecule has 0 fully saturated rings. The second-order valence-electron chi connectivity index (χ2n) is 7.72. The molecule has 0 atom stereocenters. The van der Waals surface area contributed by atoms with E-state index in [1.54, 1.807) is 10.4 Å². The van der Waals surface area contributed by atoms with Gasteiger partial charge in [0.1, 0.15) is 8.07 Å². The molecule has 2 aromatic rings. The first kappa shape index (κ1) is 17.9. The van der Waals surface area contributed by atoms with Crippen molar-refractivity contribution >= 4 is 19.3 Å².